The van der Waals surface area contributed by atoms with Gasteiger partial charge in [-0.15, -0.1) is 0 Å². The van der Waals surface area contributed by atoms with Crippen molar-refractivity contribution in [1.29, 1.82) is 0 Å². The molecule has 0 heteroatoms. The molecular weight excluding hydrogens is 372 g/mol. The molecule has 2 aliphatic rings. The molecule has 2 aromatic carbocycles. The van der Waals surface area contributed by atoms with E-state index in [1.807, 2.05) is 0 Å². The molecule has 2 aliphatic carbocycles. The van der Waals surface area contributed by atoms with Crippen LogP contribution < -0.4 is 0 Å². The summed E-state index contributed by atoms with van der Waals surface area (Å²) in [7, 11) is 0. The number of unbranched alkanes of at least 4 members (excludes halogenated alkanes) is 2. The smallest absolute Gasteiger partial charge is 0.0181 e. The monoisotopic (exact) mass is 418 g/mol. The van der Waals surface area contributed by atoms with E-state index in [1.54, 1.807) is 18.4 Å². The molecule has 170 valence electrons. The maximum atomic E-state index is 2.44. The minimum atomic E-state index is 0.972. The number of aryl methyl sites for hydroxylation is 2. The van der Waals surface area contributed by atoms with Crippen LogP contribution in [0.5, 0.6) is 0 Å². The fourth-order valence-electron chi connectivity index (χ4n) is 6.67. The van der Waals surface area contributed by atoms with Gasteiger partial charge in [0.25, 0.3) is 0 Å². The van der Waals surface area contributed by atoms with Crippen LogP contribution in [-0.4, -0.2) is 0 Å². The molecule has 2 aromatic rings. The quantitative estimate of drug-likeness (QED) is 0.356. The van der Waals surface area contributed by atoms with Gasteiger partial charge in [0, 0.05) is 0 Å². The van der Waals surface area contributed by atoms with Crippen molar-refractivity contribution in [1.82, 2.24) is 0 Å². The van der Waals surface area contributed by atoms with Gasteiger partial charge in [0.15, 0.2) is 0 Å². The Kier molecular flexibility index (Phi) is 8.51. The van der Waals surface area contributed by atoms with E-state index < -0.39 is 0 Å². The Morgan fingerprint density at radius 3 is 1.74 bits per heavy atom. The minimum absolute atomic E-state index is 0.972. The topological polar surface area (TPSA) is 0 Å². The van der Waals surface area contributed by atoms with Gasteiger partial charge in [-0.1, -0.05) is 102 Å². The molecule has 0 amide bonds. The van der Waals surface area contributed by atoms with Gasteiger partial charge in [0.1, 0.15) is 0 Å². The van der Waals surface area contributed by atoms with Crippen LogP contribution >= 0.6 is 0 Å². The first-order valence-electron chi connectivity index (χ1n) is 13.8. The zero-order valence-corrected chi connectivity index (χ0v) is 20.4. The van der Waals surface area contributed by atoms with Crippen LogP contribution in [0.3, 0.4) is 0 Å². The molecule has 0 radical (unpaired) electrons. The van der Waals surface area contributed by atoms with Crippen LogP contribution in [0.4, 0.5) is 0 Å². The van der Waals surface area contributed by atoms with Crippen molar-refractivity contribution in [2.24, 2.45) is 23.7 Å². The number of benzene rings is 2. The predicted molar refractivity (Wildman–Crippen MR) is 137 cm³/mol. The van der Waals surface area contributed by atoms with Crippen molar-refractivity contribution in [3.63, 3.8) is 0 Å². The maximum absolute atomic E-state index is 2.44. The summed E-state index contributed by atoms with van der Waals surface area (Å²) in [5.41, 5.74) is 2.99. The van der Waals surface area contributed by atoms with E-state index in [1.165, 1.54) is 93.4 Å². The van der Waals surface area contributed by atoms with Crippen molar-refractivity contribution < 1.29 is 0 Å². The van der Waals surface area contributed by atoms with Crippen LogP contribution in [0.2, 0.25) is 0 Å². The zero-order chi connectivity index (χ0) is 21.5. The van der Waals surface area contributed by atoms with Crippen LogP contribution in [0, 0.1) is 23.7 Å². The molecule has 0 aliphatic heterocycles. The Morgan fingerprint density at radius 2 is 1.16 bits per heavy atom. The van der Waals surface area contributed by atoms with Gasteiger partial charge in [-0.3, -0.25) is 0 Å². The van der Waals surface area contributed by atoms with Crippen molar-refractivity contribution in [2.45, 2.75) is 110 Å². The minimum Gasteiger partial charge on any atom is -0.0654 e. The highest BCUT2D eigenvalue weighted by Crippen LogP contribution is 2.43. The molecular formula is C31H46. The Labute approximate surface area is 192 Å². The second-order valence-corrected chi connectivity index (χ2v) is 11.0. The lowest BCUT2D eigenvalue weighted by molar-refractivity contribution is 0.140. The van der Waals surface area contributed by atoms with Crippen LogP contribution in [0.1, 0.15) is 108 Å². The third-order valence-electron chi connectivity index (χ3n) is 8.88. The maximum Gasteiger partial charge on any atom is -0.0181 e. The van der Waals surface area contributed by atoms with Crippen molar-refractivity contribution in [3.8, 4) is 0 Å². The van der Waals surface area contributed by atoms with Crippen LogP contribution in [0.25, 0.3) is 10.8 Å². The zero-order valence-electron chi connectivity index (χ0n) is 20.4. The fourth-order valence-corrected chi connectivity index (χ4v) is 6.67. The summed E-state index contributed by atoms with van der Waals surface area (Å²) in [5, 5.41) is 2.83. The molecule has 2 saturated carbocycles. The predicted octanol–water partition coefficient (Wildman–Crippen LogP) is 9.53. The van der Waals surface area contributed by atoms with Crippen molar-refractivity contribution in [3.05, 3.63) is 47.5 Å². The van der Waals surface area contributed by atoms with E-state index in [0.29, 0.717) is 0 Å². The van der Waals surface area contributed by atoms with Gasteiger partial charge >= 0.3 is 0 Å². The second kappa shape index (κ2) is 11.5. The summed E-state index contributed by atoms with van der Waals surface area (Å²) in [6.45, 7) is 4.57. The number of hydrogen-bond donors (Lipinski definition) is 0. The molecule has 2 fully saturated rings. The molecule has 0 bridgehead atoms. The highest BCUT2D eigenvalue weighted by Gasteiger charge is 2.30. The van der Waals surface area contributed by atoms with Crippen LogP contribution in [-0.2, 0) is 12.8 Å². The van der Waals surface area contributed by atoms with E-state index in [-0.39, 0.29) is 0 Å². The summed E-state index contributed by atoms with van der Waals surface area (Å²) >= 11 is 0. The average Bonchev–Trinajstić information content (AvgIpc) is 2.83. The van der Waals surface area contributed by atoms with E-state index >= 15 is 0 Å². The Hall–Kier alpha value is -1.30. The van der Waals surface area contributed by atoms with Gasteiger partial charge in [-0.25, -0.2) is 0 Å². The van der Waals surface area contributed by atoms with Crippen LogP contribution in [0.15, 0.2) is 36.4 Å². The molecule has 31 heavy (non-hydrogen) atoms. The third kappa shape index (κ3) is 6.36. The second-order valence-electron chi connectivity index (χ2n) is 11.0. The number of hydrogen-bond acceptors (Lipinski definition) is 0. The van der Waals surface area contributed by atoms with E-state index in [4.69, 9.17) is 0 Å². The fraction of sp³-hybridized carbons (Fsp3) is 0.677. The Balaban J connectivity index is 1.18. The standard InChI is InChI=1S/C31H46/c1-3-5-6-7-25-11-16-28(17-12-25)29-18-13-26(14-19-29)8-9-27-15-21-30-22-24(4-2)10-20-31(30)23-27/h10,15,20-23,25-26,28-29H,3-9,11-14,16-19H2,1-2H3. The summed E-state index contributed by atoms with van der Waals surface area (Å²) in [4.78, 5) is 0. The van der Waals surface area contributed by atoms with Gasteiger partial charge < -0.3 is 0 Å². The van der Waals surface area contributed by atoms with Crippen molar-refractivity contribution in [2.75, 3.05) is 0 Å². The van der Waals surface area contributed by atoms with E-state index in [9.17, 15) is 0 Å². The Morgan fingerprint density at radius 1 is 0.613 bits per heavy atom. The molecule has 0 N–H and O–H groups in total. The van der Waals surface area contributed by atoms with E-state index in [0.717, 1.165) is 30.1 Å². The molecule has 0 nitrogen and oxygen atoms in total. The lowest BCUT2D eigenvalue weighted by atomic mass is 9.68. The SMILES string of the molecule is CCCCCC1CCC(C2CCC(CCc3ccc4cc(CC)ccc4c3)CC2)CC1. The lowest BCUT2D eigenvalue weighted by Gasteiger charge is -2.38. The lowest BCUT2D eigenvalue weighted by Crippen LogP contribution is -2.26. The molecule has 0 unspecified atom stereocenters. The summed E-state index contributed by atoms with van der Waals surface area (Å²) < 4.78 is 0. The van der Waals surface area contributed by atoms with Gasteiger partial charge in [0.2, 0.25) is 0 Å². The van der Waals surface area contributed by atoms with Gasteiger partial charge in [0.05, 0.1) is 0 Å². The Bertz CT molecular complexity index is 787. The summed E-state index contributed by atoms with van der Waals surface area (Å²) in [5.74, 6) is 4.16. The summed E-state index contributed by atoms with van der Waals surface area (Å²) in [6, 6.07) is 14.2. The highest BCUT2D eigenvalue weighted by atomic mass is 14.4. The van der Waals surface area contributed by atoms with Gasteiger partial charge in [-0.05, 0) is 90.5 Å². The average molecular weight is 419 g/mol. The molecule has 0 atom stereocenters. The molecule has 0 spiro atoms. The first-order chi connectivity index (χ1) is 15.2. The molecule has 4 rings (SSSR count). The first kappa shape index (κ1) is 22.9. The molecule has 0 heterocycles. The first-order valence-corrected chi connectivity index (χ1v) is 13.8. The number of rotatable bonds is 9. The van der Waals surface area contributed by atoms with Crippen molar-refractivity contribution >= 4 is 10.8 Å². The highest BCUT2D eigenvalue weighted by molar-refractivity contribution is 5.83. The largest absolute Gasteiger partial charge is 0.0654 e. The molecule has 0 saturated heterocycles. The van der Waals surface area contributed by atoms with E-state index in [2.05, 4.69) is 50.2 Å². The number of fused-ring (bicyclic) bond motifs is 1. The normalized spacial score (nSPS) is 26.9. The summed E-state index contributed by atoms with van der Waals surface area (Å²) in [6.07, 6.45) is 21.8. The van der Waals surface area contributed by atoms with Gasteiger partial charge in [-0.2, -0.15) is 0 Å². The molecule has 0 aromatic heterocycles. The third-order valence-corrected chi connectivity index (χ3v) is 8.88.